The van der Waals surface area contributed by atoms with Gasteiger partial charge in [-0.05, 0) is 31.5 Å². The van der Waals surface area contributed by atoms with Crippen molar-refractivity contribution >= 4 is 11.8 Å². The number of ether oxygens (including phenoxy) is 1. The van der Waals surface area contributed by atoms with Gasteiger partial charge >= 0.3 is 5.97 Å². The van der Waals surface area contributed by atoms with Crippen LogP contribution in [0.25, 0.3) is 0 Å². The summed E-state index contributed by atoms with van der Waals surface area (Å²) in [4.78, 5) is 13.3. The maximum atomic E-state index is 11.3. The lowest BCUT2D eigenvalue weighted by Gasteiger charge is -2.25. The third kappa shape index (κ3) is 3.64. The Bertz CT molecular complexity index is 432. The minimum absolute atomic E-state index is 0.0488. The molecule has 2 rings (SSSR count). The lowest BCUT2D eigenvalue weighted by molar-refractivity contribution is 0.0592. The molecule has 7 heteroatoms. The highest BCUT2D eigenvalue weighted by Crippen LogP contribution is 2.13. The Hall–Kier alpha value is -1.73. The Morgan fingerprint density at radius 3 is 2.95 bits per heavy atom. The summed E-state index contributed by atoms with van der Waals surface area (Å²) in [7, 11) is 1.31. The number of aliphatic hydroxyl groups excluding tert-OH is 1. The maximum Gasteiger partial charge on any atom is 0.358 e. The predicted octanol–water partition coefficient (Wildman–Crippen LogP) is -0.186. The number of nitrogens with one attached hydrogen (secondary N) is 1. The summed E-state index contributed by atoms with van der Waals surface area (Å²) in [5.74, 6) is 0.149. The third-order valence-electron chi connectivity index (χ3n) is 3.34. The van der Waals surface area contributed by atoms with Crippen LogP contribution in [0.4, 0.5) is 5.82 Å². The van der Waals surface area contributed by atoms with Crippen molar-refractivity contribution in [2.24, 2.45) is 0 Å². The Balaban J connectivity index is 2.05. The predicted molar refractivity (Wildman–Crippen MR) is 73.7 cm³/mol. The van der Waals surface area contributed by atoms with Gasteiger partial charge in [0.15, 0.2) is 11.5 Å². The maximum absolute atomic E-state index is 11.3. The van der Waals surface area contributed by atoms with Crippen LogP contribution >= 0.6 is 0 Å². The highest BCUT2D eigenvalue weighted by Gasteiger charge is 2.19. The summed E-state index contributed by atoms with van der Waals surface area (Å²) in [6, 6.07) is 3.72. The zero-order valence-corrected chi connectivity index (χ0v) is 11.6. The van der Waals surface area contributed by atoms with Crippen molar-refractivity contribution in [1.82, 2.24) is 15.5 Å². The smallest absolute Gasteiger partial charge is 0.358 e. The van der Waals surface area contributed by atoms with E-state index >= 15 is 0 Å². The largest absolute Gasteiger partial charge is 0.464 e. The SMILES string of the molecule is COC(=O)c1ccc(N(CCO)CC2CCCN2)nn1. The molecule has 1 aliphatic heterocycles. The van der Waals surface area contributed by atoms with Gasteiger partial charge in [-0.15, -0.1) is 10.2 Å². The molecule has 0 saturated carbocycles. The summed E-state index contributed by atoms with van der Waals surface area (Å²) in [6.45, 7) is 2.34. The van der Waals surface area contributed by atoms with Crippen molar-refractivity contribution < 1.29 is 14.6 Å². The molecule has 0 amide bonds. The van der Waals surface area contributed by atoms with E-state index in [4.69, 9.17) is 5.11 Å². The van der Waals surface area contributed by atoms with Gasteiger partial charge in [-0.3, -0.25) is 0 Å². The van der Waals surface area contributed by atoms with Crippen molar-refractivity contribution in [3.8, 4) is 0 Å². The minimum atomic E-state index is -0.504. The van der Waals surface area contributed by atoms with E-state index in [2.05, 4.69) is 20.3 Å². The minimum Gasteiger partial charge on any atom is -0.464 e. The molecule has 7 nitrogen and oxygen atoms in total. The fourth-order valence-electron chi connectivity index (χ4n) is 2.31. The summed E-state index contributed by atoms with van der Waals surface area (Å²) in [5, 5.41) is 20.5. The zero-order chi connectivity index (χ0) is 14.4. The van der Waals surface area contributed by atoms with Crippen LogP contribution in [0.3, 0.4) is 0 Å². The van der Waals surface area contributed by atoms with Crippen LogP contribution < -0.4 is 10.2 Å². The number of rotatable bonds is 6. The molecule has 1 aromatic heterocycles. The third-order valence-corrected chi connectivity index (χ3v) is 3.34. The Kier molecular flexibility index (Phi) is 5.25. The van der Waals surface area contributed by atoms with E-state index in [0.717, 1.165) is 19.5 Å². The van der Waals surface area contributed by atoms with Gasteiger partial charge in [0.2, 0.25) is 0 Å². The molecule has 1 unspecified atom stereocenters. The molecule has 0 aromatic carbocycles. The van der Waals surface area contributed by atoms with Gasteiger partial charge in [0, 0.05) is 19.1 Å². The number of nitrogens with zero attached hydrogens (tertiary/aromatic N) is 3. The number of anilines is 1. The number of carbonyl (C=O) groups excluding carboxylic acids is 1. The van der Waals surface area contributed by atoms with E-state index in [-0.39, 0.29) is 12.3 Å². The Morgan fingerprint density at radius 2 is 2.40 bits per heavy atom. The number of hydrogen-bond acceptors (Lipinski definition) is 7. The molecule has 0 radical (unpaired) electrons. The molecule has 1 aliphatic rings. The summed E-state index contributed by atoms with van der Waals surface area (Å²) in [6.07, 6.45) is 2.29. The number of hydrogen-bond donors (Lipinski definition) is 2. The van der Waals surface area contributed by atoms with Crippen LogP contribution in [-0.2, 0) is 4.74 Å². The average molecular weight is 280 g/mol. The molecule has 2 heterocycles. The van der Waals surface area contributed by atoms with Crippen molar-refractivity contribution in [1.29, 1.82) is 0 Å². The fourth-order valence-corrected chi connectivity index (χ4v) is 2.31. The molecule has 1 aromatic rings. The first-order valence-corrected chi connectivity index (χ1v) is 6.76. The normalized spacial score (nSPS) is 18.0. The first-order valence-electron chi connectivity index (χ1n) is 6.76. The highest BCUT2D eigenvalue weighted by atomic mass is 16.5. The van der Waals surface area contributed by atoms with Crippen LogP contribution in [-0.4, -0.2) is 60.7 Å². The first-order chi connectivity index (χ1) is 9.74. The van der Waals surface area contributed by atoms with Gasteiger partial charge in [0.05, 0.1) is 13.7 Å². The monoisotopic (exact) mass is 280 g/mol. The topological polar surface area (TPSA) is 87.6 Å². The molecule has 1 atom stereocenters. The molecule has 1 saturated heterocycles. The Morgan fingerprint density at radius 1 is 1.55 bits per heavy atom. The Labute approximate surface area is 117 Å². The molecule has 1 fully saturated rings. The summed E-state index contributed by atoms with van der Waals surface area (Å²) >= 11 is 0. The standard InChI is InChI=1S/C13H20N4O3/c1-20-13(19)11-4-5-12(16-15-11)17(7-8-18)9-10-3-2-6-14-10/h4-5,10,14,18H,2-3,6-9H2,1H3. The molecule has 2 N–H and O–H groups in total. The van der Waals surface area contributed by atoms with E-state index in [1.807, 2.05) is 4.90 Å². The van der Waals surface area contributed by atoms with Gasteiger partial charge in [-0.2, -0.15) is 0 Å². The lowest BCUT2D eigenvalue weighted by Crippen LogP contribution is -2.39. The molecule has 0 aliphatic carbocycles. The molecule has 110 valence electrons. The number of aromatic nitrogens is 2. The van der Waals surface area contributed by atoms with Crippen LogP contribution in [0.2, 0.25) is 0 Å². The van der Waals surface area contributed by atoms with Crippen LogP contribution in [0.5, 0.6) is 0 Å². The average Bonchev–Trinajstić information content (AvgIpc) is 2.99. The number of carbonyl (C=O) groups is 1. The molecule has 0 bridgehead atoms. The highest BCUT2D eigenvalue weighted by molar-refractivity contribution is 5.86. The van der Waals surface area contributed by atoms with Crippen LogP contribution in [0.15, 0.2) is 12.1 Å². The summed E-state index contributed by atoms with van der Waals surface area (Å²) < 4.78 is 4.59. The second-order valence-electron chi connectivity index (χ2n) is 4.73. The molecular formula is C13H20N4O3. The quantitative estimate of drug-likeness (QED) is 0.698. The second kappa shape index (κ2) is 7.16. The van der Waals surface area contributed by atoms with Gasteiger partial charge < -0.3 is 20.1 Å². The zero-order valence-electron chi connectivity index (χ0n) is 11.6. The van der Waals surface area contributed by atoms with Crippen LogP contribution in [0, 0.1) is 0 Å². The molecular weight excluding hydrogens is 260 g/mol. The fraction of sp³-hybridized carbons (Fsp3) is 0.615. The van der Waals surface area contributed by atoms with E-state index in [1.165, 1.54) is 13.5 Å². The van der Waals surface area contributed by atoms with E-state index < -0.39 is 5.97 Å². The molecule has 0 spiro atoms. The summed E-state index contributed by atoms with van der Waals surface area (Å²) in [5.41, 5.74) is 0.180. The second-order valence-corrected chi connectivity index (χ2v) is 4.73. The van der Waals surface area contributed by atoms with Gasteiger partial charge in [-0.25, -0.2) is 4.79 Å². The lowest BCUT2D eigenvalue weighted by atomic mass is 10.2. The van der Waals surface area contributed by atoms with Crippen molar-refractivity contribution in [2.75, 3.05) is 38.3 Å². The van der Waals surface area contributed by atoms with Crippen LogP contribution in [0.1, 0.15) is 23.3 Å². The number of aliphatic hydroxyl groups is 1. The molecule has 20 heavy (non-hydrogen) atoms. The van der Waals surface area contributed by atoms with Crippen molar-refractivity contribution in [3.63, 3.8) is 0 Å². The van der Waals surface area contributed by atoms with Gasteiger partial charge in [-0.1, -0.05) is 0 Å². The van der Waals surface area contributed by atoms with Gasteiger partial charge in [0.1, 0.15) is 0 Å². The van der Waals surface area contributed by atoms with E-state index in [0.29, 0.717) is 18.4 Å². The van der Waals surface area contributed by atoms with E-state index in [9.17, 15) is 4.79 Å². The first kappa shape index (κ1) is 14.7. The van der Waals surface area contributed by atoms with Crippen molar-refractivity contribution in [2.45, 2.75) is 18.9 Å². The number of methoxy groups -OCH3 is 1. The number of esters is 1. The van der Waals surface area contributed by atoms with Crippen molar-refractivity contribution in [3.05, 3.63) is 17.8 Å². The van der Waals surface area contributed by atoms with E-state index in [1.54, 1.807) is 12.1 Å². The van der Waals surface area contributed by atoms with Gasteiger partial charge in [0.25, 0.3) is 0 Å².